The van der Waals surface area contributed by atoms with Crippen LogP contribution in [0.2, 0.25) is 0 Å². The van der Waals surface area contributed by atoms with Crippen LogP contribution >= 0.6 is 0 Å². The number of rotatable bonds is 1. The van der Waals surface area contributed by atoms with Gasteiger partial charge in [0.25, 0.3) is 0 Å². The first-order valence-corrected chi connectivity index (χ1v) is 5.09. The van der Waals surface area contributed by atoms with Crippen molar-refractivity contribution in [2.75, 3.05) is 0 Å². The smallest absolute Gasteiger partial charge is 0.223 e. The van der Waals surface area contributed by atoms with Gasteiger partial charge < -0.3 is 9.88 Å². The quantitative estimate of drug-likeness (QED) is 0.699. The summed E-state index contributed by atoms with van der Waals surface area (Å²) in [5.41, 5.74) is 2.41. The number of aromatic nitrogens is 1. The zero-order chi connectivity index (χ0) is 10.4. The second-order valence-corrected chi connectivity index (χ2v) is 4.01. The standard InChI is InChI=1S/C12H12N2O/c1-14-10-5-3-2-4-8(10)6-11(14)9-7-12(15)13-9/h2-6,9H,7H2,1H3,(H,13,15). The summed E-state index contributed by atoms with van der Waals surface area (Å²) in [6, 6.07) is 10.6. The topological polar surface area (TPSA) is 34.0 Å². The maximum atomic E-state index is 10.9. The fraction of sp³-hybridized carbons (Fsp3) is 0.250. The van der Waals surface area contributed by atoms with Crippen LogP contribution in [0.25, 0.3) is 10.9 Å². The van der Waals surface area contributed by atoms with Gasteiger partial charge in [-0.15, -0.1) is 0 Å². The van der Waals surface area contributed by atoms with E-state index in [0.717, 1.165) is 0 Å². The number of carbonyl (C=O) groups is 1. The molecule has 1 saturated heterocycles. The lowest BCUT2D eigenvalue weighted by atomic mass is 10.0. The fourth-order valence-electron chi connectivity index (χ4n) is 2.18. The van der Waals surface area contributed by atoms with Crippen molar-refractivity contribution in [2.45, 2.75) is 12.5 Å². The van der Waals surface area contributed by atoms with Gasteiger partial charge in [-0.1, -0.05) is 18.2 Å². The highest BCUT2D eigenvalue weighted by Gasteiger charge is 2.29. The van der Waals surface area contributed by atoms with Crippen LogP contribution in [-0.4, -0.2) is 10.5 Å². The molecule has 0 aliphatic carbocycles. The number of carbonyl (C=O) groups excluding carboxylic acids is 1. The van der Waals surface area contributed by atoms with E-state index in [4.69, 9.17) is 0 Å². The number of benzene rings is 1. The number of amides is 1. The Morgan fingerprint density at radius 1 is 1.40 bits per heavy atom. The molecule has 0 bridgehead atoms. The molecule has 0 radical (unpaired) electrons. The number of nitrogens with zero attached hydrogens (tertiary/aromatic N) is 1. The predicted molar refractivity (Wildman–Crippen MR) is 58.4 cm³/mol. The summed E-state index contributed by atoms with van der Waals surface area (Å²) in [7, 11) is 2.04. The molecule has 1 N–H and O–H groups in total. The molecule has 0 saturated carbocycles. The summed E-state index contributed by atoms with van der Waals surface area (Å²) in [5.74, 6) is 0.144. The van der Waals surface area contributed by atoms with Crippen LogP contribution in [0.15, 0.2) is 30.3 Å². The van der Waals surface area contributed by atoms with Crippen LogP contribution in [0.5, 0.6) is 0 Å². The van der Waals surface area contributed by atoms with Gasteiger partial charge in [-0.25, -0.2) is 0 Å². The Balaban J connectivity index is 2.11. The van der Waals surface area contributed by atoms with E-state index < -0.39 is 0 Å². The summed E-state index contributed by atoms with van der Waals surface area (Å²) in [6.07, 6.45) is 0.615. The summed E-state index contributed by atoms with van der Waals surface area (Å²) >= 11 is 0. The Labute approximate surface area is 87.7 Å². The molecule has 1 aromatic heterocycles. The third-order valence-electron chi connectivity index (χ3n) is 3.07. The molecule has 1 aliphatic heterocycles. The molecule has 0 spiro atoms. The van der Waals surface area contributed by atoms with Crippen LogP contribution in [-0.2, 0) is 11.8 Å². The van der Waals surface area contributed by atoms with Gasteiger partial charge in [0, 0.05) is 18.3 Å². The normalized spacial score (nSPS) is 20.1. The number of para-hydroxylation sites is 1. The van der Waals surface area contributed by atoms with Crippen molar-refractivity contribution in [1.29, 1.82) is 0 Å². The first kappa shape index (κ1) is 8.53. The molecule has 2 heterocycles. The van der Waals surface area contributed by atoms with Gasteiger partial charge in [0.2, 0.25) is 5.91 Å². The molecule has 3 rings (SSSR count). The van der Waals surface area contributed by atoms with Gasteiger partial charge in [-0.05, 0) is 17.5 Å². The second kappa shape index (κ2) is 2.86. The molecule has 3 heteroatoms. The second-order valence-electron chi connectivity index (χ2n) is 4.01. The van der Waals surface area contributed by atoms with Crippen LogP contribution in [0.3, 0.4) is 0 Å². The van der Waals surface area contributed by atoms with Crippen molar-refractivity contribution in [2.24, 2.45) is 7.05 Å². The summed E-state index contributed by atoms with van der Waals surface area (Å²) < 4.78 is 2.15. The van der Waals surface area contributed by atoms with Crippen LogP contribution < -0.4 is 5.32 Å². The third kappa shape index (κ3) is 1.16. The lowest BCUT2D eigenvalue weighted by Gasteiger charge is -2.27. The maximum absolute atomic E-state index is 10.9. The van der Waals surface area contributed by atoms with Crippen molar-refractivity contribution in [3.05, 3.63) is 36.0 Å². The zero-order valence-electron chi connectivity index (χ0n) is 8.53. The van der Waals surface area contributed by atoms with Gasteiger partial charge in [-0.3, -0.25) is 4.79 Å². The highest BCUT2D eigenvalue weighted by atomic mass is 16.2. The lowest BCUT2D eigenvalue weighted by molar-refractivity contribution is -0.128. The van der Waals surface area contributed by atoms with Gasteiger partial charge in [-0.2, -0.15) is 0 Å². The molecule has 1 unspecified atom stereocenters. The molecule has 1 fully saturated rings. The number of hydrogen-bond donors (Lipinski definition) is 1. The summed E-state index contributed by atoms with van der Waals surface area (Å²) in [5, 5.41) is 4.13. The Morgan fingerprint density at radius 3 is 2.80 bits per heavy atom. The molecular weight excluding hydrogens is 188 g/mol. The van der Waals surface area contributed by atoms with Gasteiger partial charge in [0.1, 0.15) is 0 Å². The number of β-lactam (4-membered cyclic amide) rings is 1. The predicted octanol–water partition coefficient (Wildman–Crippen LogP) is 1.74. The average Bonchev–Trinajstić information content (AvgIpc) is 2.52. The minimum Gasteiger partial charge on any atom is -0.347 e. The Morgan fingerprint density at radius 2 is 2.13 bits per heavy atom. The first-order chi connectivity index (χ1) is 7.25. The fourth-order valence-corrected chi connectivity index (χ4v) is 2.18. The SMILES string of the molecule is Cn1c(C2CC(=O)N2)cc2ccccc21. The van der Waals surface area contributed by atoms with Crippen LogP contribution in [0.1, 0.15) is 18.2 Å². The Bertz CT molecular complexity index is 534. The highest BCUT2D eigenvalue weighted by molar-refractivity contribution is 5.86. The van der Waals surface area contributed by atoms with Crippen molar-refractivity contribution >= 4 is 16.8 Å². The Hall–Kier alpha value is -1.77. The monoisotopic (exact) mass is 200 g/mol. The van der Waals surface area contributed by atoms with Crippen LogP contribution in [0.4, 0.5) is 0 Å². The maximum Gasteiger partial charge on any atom is 0.223 e. The number of aryl methyl sites for hydroxylation is 1. The number of nitrogens with one attached hydrogen (secondary N) is 1. The van der Waals surface area contributed by atoms with E-state index in [9.17, 15) is 4.79 Å². The average molecular weight is 200 g/mol. The molecule has 1 atom stereocenters. The molecule has 2 aromatic rings. The molecule has 1 amide bonds. The zero-order valence-corrected chi connectivity index (χ0v) is 8.53. The van der Waals surface area contributed by atoms with Gasteiger partial charge >= 0.3 is 0 Å². The molecule has 1 aliphatic rings. The third-order valence-corrected chi connectivity index (χ3v) is 3.07. The minimum atomic E-state index is 0.144. The van der Waals surface area contributed by atoms with E-state index in [1.165, 1.54) is 16.6 Å². The molecular formula is C12H12N2O. The van der Waals surface area contributed by atoms with E-state index in [1.54, 1.807) is 0 Å². The molecule has 1 aromatic carbocycles. The number of hydrogen-bond acceptors (Lipinski definition) is 1. The van der Waals surface area contributed by atoms with Crippen molar-refractivity contribution in [1.82, 2.24) is 9.88 Å². The molecule has 76 valence electrons. The molecule has 3 nitrogen and oxygen atoms in total. The van der Waals surface area contributed by atoms with Crippen molar-refractivity contribution in [3.8, 4) is 0 Å². The summed E-state index contributed by atoms with van der Waals surface area (Å²) in [6.45, 7) is 0. The van der Waals surface area contributed by atoms with Gasteiger partial charge in [0.15, 0.2) is 0 Å². The van der Waals surface area contributed by atoms with E-state index in [-0.39, 0.29) is 11.9 Å². The Kier molecular flexibility index (Phi) is 1.63. The largest absolute Gasteiger partial charge is 0.347 e. The van der Waals surface area contributed by atoms with Gasteiger partial charge in [0.05, 0.1) is 12.5 Å². The minimum absolute atomic E-state index is 0.144. The first-order valence-electron chi connectivity index (χ1n) is 5.09. The van der Waals surface area contributed by atoms with E-state index in [2.05, 4.69) is 28.1 Å². The lowest BCUT2D eigenvalue weighted by Crippen LogP contribution is -2.42. The van der Waals surface area contributed by atoms with Crippen molar-refractivity contribution in [3.63, 3.8) is 0 Å². The van der Waals surface area contributed by atoms with E-state index in [1.807, 2.05) is 19.2 Å². The van der Waals surface area contributed by atoms with E-state index in [0.29, 0.717) is 6.42 Å². The van der Waals surface area contributed by atoms with Crippen molar-refractivity contribution < 1.29 is 4.79 Å². The highest BCUT2D eigenvalue weighted by Crippen LogP contribution is 2.28. The number of fused-ring (bicyclic) bond motifs is 1. The van der Waals surface area contributed by atoms with E-state index >= 15 is 0 Å². The van der Waals surface area contributed by atoms with Crippen LogP contribution in [0, 0.1) is 0 Å². The molecule has 15 heavy (non-hydrogen) atoms. The summed E-state index contributed by atoms with van der Waals surface area (Å²) in [4.78, 5) is 10.9.